The number of hydrogen-bond acceptors (Lipinski definition) is 2. The minimum absolute atomic E-state index is 0.0415. The monoisotopic (exact) mass is 234 g/mol. The SMILES string of the molecule is C=C(C)[C@H]1CC(=O)[C@@]2(C)CCC(=O)[C@@H](C)[C@H]2C1. The van der Waals surface area contributed by atoms with Crippen molar-refractivity contribution >= 4 is 11.6 Å². The van der Waals surface area contributed by atoms with Gasteiger partial charge in [-0.05, 0) is 31.6 Å². The van der Waals surface area contributed by atoms with Crippen molar-refractivity contribution in [2.45, 2.75) is 46.5 Å². The predicted molar refractivity (Wildman–Crippen MR) is 67.5 cm³/mol. The fourth-order valence-electron chi connectivity index (χ4n) is 3.60. The number of rotatable bonds is 1. The van der Waals surface area contributed by atoms with Crippen LogP contribution < -0.4 is 0 Å². The van der Waals surface area contributed by atoms with E-state index in [1.807, 2.05) is 13.8 Å². The normalized spacial score (nSPS) is 42.2. The molecular weight excluding hydrogens is 212 g/mol. The zero-order chi connectivity index (χ0) is 12.8. The van der Waals surface area contributed by atoms with Gasteiger partial charge in [0.05, 0.1) is 0 Å². The Balaban J connectivity index is 2.31. The van der Waals surface area contributed by atoms with E-state index in [-0.39, 0.29) is 23.2 Å². The molecule has 2 rings (SSSR count). The lowest BCUT2D eigenvalue weighted by Crippen LogP contribution is -2.50. The Morgan fingerprint density at radius 1 is 1.41 bits per heavy atom. The maximum Gasteiger partial charge on any atom is 0.139 e. The van der Waals surface area contributed by atoms with Crippen LogP contribution in [0.3, 0.4) is 0 Å². The number of fused-ring (bicyclic) bond motifs is 1. The van der Waals surface area contributed by atoms with Gasteiger partial charge in [0.1, 0.15) is 11.6 Å². The molecule has 4 atom stereocenters. The molecule has 0 aromatic heterocycles. The lowest BCUT2D eigenvalue weighted by Gasteiger charge is -2.48. The van der Waals surface area contributed by atoms with Crippen molar-refractivity contribution in [3.8, 4) is 0 Å². The van der Waals surface area contributed by atoms with E-state index in [0.717, 1.165) is 18.4 Å². The molecular formula is C15H22O2. The number of Topliss-reactive ketones (excluding diaryl/α,β-unsaturated/α-hetero) is 2. The molecule has 0 bridgehead atoms. The van der Waals surface area contributed by atoms with Gasteiger partial charge in [-0.15, -0.1) is 0 Å². The maximum atomic E-state index is 12.4. The van der Waals surface area contributed by atoms with Gasteiger partial charge in [-0.25, -0.2) is 0 Å². The fraction of sp³-hybridized carbons (Fsp3) is 0.733. The van der Waals surface area contributed by atoms with Crippen LogP contribution >= 0.6 is 0 Å². The summed E-state index contributed by atoms with van der Waals surface area (Å²) in [4.78, 5) is 24.2. The Bertz CT molecular complexity index is 382. The summed E-state index contributed by atoms with van der Waals surface area (Å²) in [6.45, 7) is 10.0. The van der Waals surface area contributed by atoms with Crippen molar-refractivity contribution in [3.05, 3.63) is 12.2 Å². The van der Waals surface area contributed by atoms with Crippen LogP contribution in [0.2, 0.25) is 0 Å². The highest BCUT2D eigenvalue weighted by atomic mass is 16.1. The second kappa shape index (κ2) is 4.08. The van der Waals surface area contributed by atoms with Crippen LogP contribution in [0.4, 0.5) is 0 Å². The summed E-state index contributed by atoms with van der Waals surface area (Å²) in [5.41, 5.74) is 0.838. The first-order chi connectivity index (χ1) is 7.86. The van der Waals surface area contributed by atoms with Crippen molar-refractivity contribution in [2.75, 3.05) is 0 Å². The van der Waals surface area contributed by atoms with Crippen LogP contribution in [0.25, 0.3) is 0 Å². The maximum absolute atomic E-state index is 12.4. The Morgan fingerprint density at radius 3 is 2.65 bits per heavy atom. The number of allylic oxidation sites excluding steroid dienone is 1. The van der Waals surface area contributed by atoms with Gasteiger partial charge in [-0.1, -0.05) is 26.0 Å². The molecule has 0 aromatic rings. The van der Waals surface area contributed by atoms with Crippen LogP contribution in [0.15, 0.2) is 12.2 Å². The summed E-state index contributed by atoms with van der Waals surface area (Å²) in [5.74, 6) is 1.24. The van der Waals surface area contributed by atoms with E-state index in [0.29, 0.717) is 24.4 Å². The van der Waals surface area contributed by atoms with Crippen LogP contribution in [0, 0.1) is 23.2 Å². The van der Waals surface area contributed by atoms with Crippen LogP contribution in [0.1, 0.15) is 46.5 Å². The van der Waals surface area contributed by atoms with Gasteiger partial charge in [0.15, 0.2) is 0 Å². The summed E-state index contributed by atoms with van der Waals surface area (Å²) in [6.07, 6.45) is 2.92. The molecule has 0 aliphatic heterocycles. The highest BCUT2D eigenvalue weighted by Gasteiger charge is 2.52. The number of hydrogen-bond donors (Lipinski definition) is 0. The Hall–Kier alpha value is -0.920. The van der Waals surface area contributed by atoms with E-state index in [9.17, 15) is 9.59 Å². The lowest BCUT2D eigenvalue weighted by molar-refractivity contribution is -0.146. The van der Waals surface area contributed by atoms with Crippen molar-refractivity contribution in [1.29, 1.82) is 0 Å². The second-order valence-electron chi connectivity index (χ2n) is 6.19. The Morgan fingerprint density at radius 2 is 2.06 bits per heavy atom. The average Bonchev–Trinajstić information content (AvgIpc) is 2.26. The van der Waals surface area contributed by atoms with Gasteiger partial charge in [0.2, 0.25) is 0 Å². The number of carbonyl (C=O) groups is 2. The molecule has 0 unspecified atom stereocenters. The third-order valence-corrected chi connectivity index (χ3v) is 5.12. The molecule has 0 aromatic carbocycles. The summed E-state index contributed by atoms with van der Waals surface area (Å²) >= 11 is 0. The second-order valence-corrected chi connectivity index (χ2v) is 6.19. The highest BCUT2D eigenvalue weighted by Crippen LogP contribution is 2.51. The number of carbonyl (C=O) groups excluding carboxylic acids is 2. The Kier molecular flexibility index (Phi) is 3.01. The van der Waals surface area contributed by atoms with Gasteiger partial charge in [-0.3, -0.25) is 9.59 Å². The van der Waals surface area contributed by atoms with E-state index in [2.05, 4.69) is 13.5 Å². The van der Waals surface area contributed by atoms with Crippen molar-refractivity contribution < 1.29 is 9.59 Å². The molecule has 2 saturated carbocycles. The average molecular weight is 234 g/mol. The molecule has 0 N–H and O–H groups in total. The molecule has 17 heavy (non-hydrogen) atoms. The zero-order valence-corrected chi connectivity index (χ0v) is 11.1. The molecule has 2 nitrogen and oxygen atoms in total. The highest BCUT2D eigenvalue weighted by molar-refractivity contribution is 5.91. The van der Waals surface area contributed by atoms with Crippen LogP contribution in [-0.4, -0.2) is 11.6 Å². The lowest BCUT2D eigenvalue weighted by atomic mass is 9.54. The van der Waals surface area contributed by atoms with Gasteiger partial charge < -0.3 is 0 Å². The van der Waals surface area contributed by atoms with Gasteiger partial charge in [0.25, 0.3) is 0 Å². The first kappa shape index (κ1) is 12.5. The fourth-order valence-corrected chi connectivity index (χ4v) is 3.60. The molecule has 0 saturated heterocycles. The predicted octanol–water partition coefficient (Wildman–Crippen LogP) is 3.16. The first-order valence-corrected chi connectivity index (χ1v) is 6.57. The largest absolute Gasteiger partial charge is 0.299 e. The minimum Gasteiger partial charge on any atom is -0.299 e. The first-order valence-electron chi connectivity index (χ1n) is 6.57. The molecule has 2 fully saturated rings. The quantitative estimate of drug-likeness (QED) is 0.653. The van der Waals surface area contributed by atoms with E-state index >= 15 is 0 Å². The van der Waals surface area contributed by atoms with E-state index < -0.39 is 0 Å². The zero-order valence-electron chi connectivity index (χ0n) is 11.1. The summed E-state index contributed by atoms with van der Waals surface area (Å²) < 4.78 is 0. The molecule has 2 aliphatic carbocycles. The molecule has 0 heterocycles. The standard InChI is InChI=1S/C15H22O2/c1-9(2)11-7-12-10(3)13(16)5-6-15(12,4)14(17)8-11/h10-12H,1,5-8H2,2-4H3/t10-,11+,12+,15-/m0/s1. The third-order valence-electron chi connectivity index (χ3n) is 5.12. The molecule has 0 amide bonds. The minimum atomic E-state index is -0.251. The topological polar surface area (TPSA) is 34.1 Å². The molecule has 2 aliphatic rings. The van der Waals surface area contributed by atoms with Crippen molar-refractivity contribution in [1.82, 2.24) is 0 Å². The summed E-state index contributed by atoms with van der Waals surface area (Å²) in [6, 6.07) is 0. The van der Waals surface area contributed by atoms with E-state index in [1.54, 1.807) is 0 Å². The van der Waals surface area contributed by atoms with Crippen LogP contribution in [-0.2, 0) is 9.59 Å². The summed E-state index contributed by atoms with van der Waals surface area (Å²) in [5, 5.41) is 0. The number of ketones is 2. The smallest absolute Gasteiger partial charge is 0.139 e. The van der Waals surface area contributed by atoms with Crippen molar-refractivity contribution in [3.63, 3.8) is 0 Å². The molecule has 0 radical (unpaired) electrons. The molecule has 94 valence electrons. The van der Waals surface area contributed by atoms with Gasteiger partial charge in [-0.2, -0.15) is 0 Å². The summed E-state index contributed by atoms with van der Waals surface area (Å²) in [7, 11) is 0. The third kappa shape index (κ3) is 1.88. The molecule has 2 heteroatoms. The van der Waals surface area contributed by atoms with E-state index in [1.165, 1.54) is 0 Å². The van der Waals surface area contributed by atoms with Gasteiger partial charge >= 0.3 is 0 Å². The Labute approximate surface area is 103 Å². The van der Waals surface area contributed by atoms with Crippen molar-refractivity contribution in [2.24, 2.45) is 23.2 Å². The van der Waals surface area contributed by atoms with E-state index in [4.69, 9.17) is 0 Å². The molecule has 0 spiro atoms. The van der Waals surface area contributed by atoms with Gasteiger partial charge in [0, 0.05) is 24.2 Å². The van der Waals surface area contributed by atoms with Crippen LogP contribution in [0.5, 0.6) is 0 Å².